The molecule has 1 aromatic heterocycles. The lowest BCUT2D eigenvalue weighted by atomic mass is 10.2. The molecule has 10 nitrogen and oxygen atoms in total. The quantitative estimate of drug-likeness (QED) is 0.281. The van der Waals surface area contributed by atoms with Gasteiger partial charge in [-0.2, -0.15) is 0 Å². The molecule has 0 fully saturated rings. The van der Waals surface area contributed by atoms with E-state index >= 15 is 0 Å². The van der Waals surface area contributed by atoms with Gasteiger partial charge in [0.1, 0.15) is 0 Å². The third-order valence-corrected chi connectivity index (χ3v) is 3.77. The molecule has 27 heavy (non-hydrogen) atoms. The van der Waals surface area contributed by atoms with Crippen LogP contribution < -0.4 is 5.32 Å². The lowest BCUT2D eigenvalue weighted by molar-refractivity contribution is -0.384. The van der Waals surface area contributed by atoms with Gasteiger partial charge in [0.2, 0.25) is 5.88 Å². The Hall–Kier alpha value is -4.08. The molecule has 3 N–H and O–H groups in total. The minimum Gasteiger partial charge on any atom is -0.493 e. The van der Waals surface area contributed by atoms with E-state index in [2.05, 4.69) is 20.5 Å². The minimum absolute atomic E-state index is 0.175. The molecule has 0 saturated carbocycles. The van der Waals surface area contributed by atoms with E-state index < -0.39 is 22.6 Å². The highest BCUT2D eigenvalue weighted by Gasteiger charge is 2.17. The molecule has 2 amide bonds. The van der Waals surface area contributed by atoms with Crippen molar-refractivity contribution in [3.63, 3.8) is 0 Å². The highest BCUT2D eigenvalue weighted by Crippen LogP contribution is 2.37. The van der Waals surface area contributed by atoms with Crippen LogP contribution in [0.25, 0.3) is 10.9 Å². The molecule has 3 rings (SSSR count). The van der Waals surface area contributed by atoms with Crippen molar-refractivity contribution in [3.05, 3.63) is 58.1 Å². The Bertz CT molecular complexity index is 1100. The number of aromatic nitrogens is 1. The second-order valence-corrected chi connectivity index (χ2v) is 5.58. The molecule has 136 valence electrons. The van der Waals surface area contributed by atoms with Crippen LogP contribution in [0.2, 0.25) is 0 Å². The standard InChI is InChI=1S/C17H13N5O5/c1-9-4-2-3-5-12(9)18-16(24)17(25)21-20-14-11-8-10(22(26)27)6-7-13(11)19-15(14)23/h2-8,19,23H,1H3,(H,18,24). The topological polar surface area (TPSA) is 150 Å². The first-order chi connectivity index (χ1) is 12.9. The van der Waals surface area contributed by atoms with Crippen LogP contribution >= 0.6 is 0 Å². The van der Waals surface area contributed by atoms with Crippen LogP contribution in [-0.2, 0) is 9.59 Å². The zero-order chi connectivity index (χ0) is 19.6. The molecule has 0 aliphatic heterocycles. The van der Waals surface area contributed by atoms with Crippen molar-refractivity contribution in [2.75, 3.05) is 5.32 Å². The van der Waals surface area contributed by atoms with Crippen LogP contribution in [0, 0.1) is 17.0 Å². The number of nitrogens with one attached hydrogen (secondary N) is 2. The summed E-state index contributed by atoms with van der Waals surface area (Å²) in [5.41, 5.74) is 1.19. The Morgan fingerprint density at radius 3 is 2.67 bits per heavy atom. The molecule has 0 atom stereocenters. The van der Waals surface area contributed by atoms with E-state index in [0.717, 1.165) is 5.56 Å². The first-order valence-electron chi connectivity index (χ1n) is 7.68. The minimum atomic E-state index is -1.18. The van der Waals surface area contributed by atoms with Gasteiger partial charge in [-0.1, -0.05) is 18.2 Å². The molecule has 0 saturated heterocycles. The van der Waals surface area contributed by atoms with Gasteiger partial charge in [-0.15, -0.1) is 10.2 Å². The van der Waals surface area contributed by atoms with Gasteiger partial charge in [0.25, 0.3) is 5.69 Å². The molecule has 1 heterocycles. The molecule has 0 spiro atoms. The number of fused-ring (bicyclic) bond motifs is 1. The predicted octanol–water partition coefficient (Wildman–Crippen LogP) is 3.34. The number of carbonyl (C=O) groups excluding carboxylic acids is 2. The number of anilines is 1. The summed E-state index contributed by atoms with van der Waals surface area (Å²) in [7, 11) is 0. The van der Waals surface area contributed by atoms with Crippen LogP contribution in [0.15, 0.2) is 52.7 Å². The van der Waals surface area contributed by atoms with Gasteiger partial charge in [-0.05, 0) is 24.6 Å². The molecular formula is C17H13N5O5. The summed E-state index contributed by atoms with van der Waals surface area (Å²) in [6, 6.07) is 10.7. The number of non-ortho nitro benzene ring substituents is 1. The smallest absolute Gasteiger partial charge is 0.353 e. The maximum atomic E-state index is 11.9. The van der Waals surface area contributed by atoms with Crippen molar-refractivity contribution in [2.24, 2.45) is 10.2 Å². The van der Waals surface area contributed by atoms with Crippen molar-refractivity contribution in [1.82, 2.24) is 4.98 Å². The molecule has 3 aromatic rings. The first kappa shape index (κ1) is 17.7. The first-order valence-corrected chi connectivity index (χ1v) is 7.68. The number of azo groups is 1. The van der Waals surface area contributed by atoms with Gasteiger partial charge < -0.3 is 15.4 Å². The second kappa shape index (κ2) is 7.04. The highest BCUT2D eigenvalue weighted by atomic mass is 16.6. The number of hydrogen-bond acceptors (Lipinski definition) is 6. The summed E-state index contributed by atoms with van der Waals surface area (Å²) in [5, 5.41) is 30.3. The lowest BCUT2D eigenvalue weighted by Gasteiger charge is -2.04. The molecule has 2 aromatic carbocycles. The largest absolute Gasteiger partial charge is 0.493 e. The maximum Gasteiger partial charge on any atom is 0.353 e. The number of aryl methyl sites for hydroxylation is 1. The number of benzene rings is 2. The number of H-pyrrole nitrogens is 1. The van der Waals surface area contributed by atoms with Gasteiger partial charge in [-0.25, -0.2) is 0 Å². The van der Waals surface area contributed by atoms with Crippen LogP contribution in [0.3, 0.4) is 0 Å². The Kier molecular flexibility index (Phi) is 4.62. The molecule has 10 heteroatoms. The monoisotopic (exact) mass is 367 g/mol. The third kappa shape index (κ3) is 3.63. The number of aromatic amines is 1. The van der Waals surface area contributed by atoms with E-state index in [9.17, 15) is 24.8 Å². The zero-order valence-electron chi connectivity index (χ0n) is 14.0. The summed E-state index contributed by atoms with van der Waals surface area (Å²) < 4.78 is 0. The summed E-state index contributed by atoms with van der Waals surface area (Å²) in [4.78, 5) is 36.7. The number of amides is 2. The van der Waals surface area contributed by atoms with E-state index in [1.807, 2.05) is 0 Å². The predicted molar refractivity (Wildman–Crippen MR) is 95.9 cm³/mol. The Morgan fingerprint density at radius 1 is 1.22 bits per heavy atom. The number of nitro groups is 1. The van der Waals surface area contributed by atoms with Crippen molar-refractivity contribution in [3.8, 4) is 5.88 Å². The van der Waals surface area contributed by atoms with Crippen LogP contribution in [0.5, 0.6) is 5.88 Å². The number of nitro benzene ring substituents is 1. The lowest BCUT2D eigenvalue weighted by Crippen LogP contribution is -2.21. The number of rotatable bonds is 3. The maximum absolute atomic E-state index is 11.9. The third-order valence-electron chi connectivity index (χ3n) is 3.77. The number of nitrogens with zero attached hydrogens (tertiary/aromatic N) is 3. The molecule has 0 aliphatic carbocycles. The molecule has 0 unspecified atom stereocenters. The summed E-state index contributed by atoms with van der Waals surface area (Å²) in [6.07, 6.45) is 0. The SMILES string of the molecule is Cc1ccccc1NC(=O)C(=O)N=Nc1c(O)[nH]c2ccc([N+](=O)[O-])cc12. The number of aromatic hydroxyl groups is 1. The van der Waals surface area contributed by atoms with Gasteiger partial charge >= 0.3 is 11.8 Å². The Morgan fingerprint density at radius 2 is 1.96 bits per heavy atom. The summed E-state index contributed by atoms with van der Waals surface area (Å²) >= 11 is 0. The van der Waals surface area contributed by atoms with Gasteiger partial charge in [0.15, 0.2) is 5.69 Å². The fourth-order valence-electron chi connectivity index (χ4n) is 2.40. The van der Waals surface area contributed by atoms with E-state index in [1.54, 1.807) is 31.2 Å². The Labute approximate surface area is 151 Å². The summed E-state index contributed by atoms with van der Waals surface area (Å²) in [5.74, 6) is -2.61. The van der Waals surface area contributed by atoms with Gasteiger partial charge in [-0.3, -0.25) is 19.7 Å². The van der Waals surface area contributed by atoms with Crippen molar-refractivity contribution >= 4 is 39.8 Å². The normalized spacial score (nSPS) is 11.0. The fourth-order valence-corrected chi connectivity index (χ4v) is 2.40. The van der Waals surface area contributed by atoms with Crippen molar-refractivity contribution in [1.29, 1.82) is 0 Å². The fraction of sp³-hybridized carbons (Fsp3) is 0.0588. The second-order valence-electron chi connectivity index (χ2n) is 5.58. The molecule has 0 radical (unpaired) electrons. The van der Waals surface area contributed by atoms with E-state index in [1.165, 1.54) is 18.2 Å². The average Bonchev–Trinajstić information content (AvgIpc) is 2.95. The van der Waals surface area contributed by atoms with Gasteiger partial charge in [0.05, 0.1) is 10.4 Å². The van der Waals surface area contributed by atoms with Crippen molar-refractivity contribution < 1.29 is 19.6 Å². The van der Waals surface area contributed by atoms with Crippen LogP contribution in [0.1, 0.15) is 5.56 Å². The molecular weight excluding hydrogens is 354 g/mol. The Balaban J connectivity index is 1.84. The zero-order valence-corrected chi connectivity index (χ0v) is 14.0. The van der Waals surface area contributed by atoms with Crippen LogP contribution in [-0.4, -0.2) is 26.8 Å². The number of carbonyl (C=O) groups is 2. The highest BCUT2D eigenvalue weighted by molar-refractivity contribution is 6.40. The molecule has 0 aliphatic rings. The van der Waals surface area contributed by atoms with E-state index in [0.29, 0.717) is 11.2 Å². The van der Waals surface area contributed by atoms with Crippen LogP contribution in [0.4, 0.5) is 17.1 Å². The van der Waals surface area contributed by atoms with E-state index in [-0.39, 0.29) is 16.8 Å². The number of hydrogen-bond donors (Lipinski definition) is 3. The number of para-hydroxylation sites is 1. The van der Waals surface area contributed by atoms with E-state index in [4.69, 9.17) is 0 Å². The van der Waals surface area contributed by atoms with Gasteiger partial charge in [0, 0.05) is 23.2 Å². The summed E-state index contributed by atoms with van der Waals surface area (Å²) in [6.45, 7) is 1.76. The van der Waals surface area contributed by atoms with Crippen molar-refractivity contribution in [2.45, 2.75) is 6.92 Å². The average molecular weight is 367 g/mol. The molecule has 0 bridgehead atoms.